The van der Waals surface area contributed by atoms with Crippen LogP contribution in [0.3, 0.4) is 0 Å². The van der Waals surface area contributed by atoms with E-state index < -0.39 is 0 Å². The normalized spacial score (nSPS) is 10.7. The van der Waals surface area contributed by atoms with E-state index in [9.17, 15) is 0 Å². The number of benzene rings is 1. The molecular formula is C17H22Cl2N4O. The van der Waals surface area contributed by atoms with E-state index in [0.717, 1.165) is 43.1 Å². The predicted octanol–water partition coefficient (Wildman–Crippen LogP) is 4.19. The van der Waals surface area contributed by atoms with Gasteiger partial charge in [-0.2, -0.15) is 4.98 Å². The molecule has 2 rings (SSSR count). The van der Waals surface area contributed by atoms with Gasteiger partial charge in [-0.25, -0.2) is 4.98 Å². The van der Waals surface area contributed by atoms with Gasteiger partial charge in [0.2, 0.25) is 5.95 Å². The summed E-state index contributed by atoms with van der Waals surface area (Å²) in [5, 5.41) is 7.83. The van der Waals surface area contributed by atoms with Gasteiger partial charge in [-0.1, -0.05) is 29.3 Å². The molecule has 0 fully saturated rings. The molecule has 0 aliphatic rings. The molecule has 2 aromatic rings. The minimum atomic E-state index is 0.606. The van der Waals surface area contributed by atoms with Crippen LogP contribution in [-0.4, -0.2) is 36.8 Å². The number of nitrogens with one attached hydrogen (secondary N) is 2. The Bertz CT molecular complexity index is 667. The quantitative estimate of drug-likeness (QED) is 0.649. The van der Waals surface area contributed by atoms with E-state index in [4.69, 9.17) is 27.9 Å². The Labute approximate surface area is 152 Å². The van der Waals surface area contributed by atoms with Gasteiger partial charge in [-0.3, -0.25) is 0 Å². The van der Waals surface area contributed by atoms with E-state index in [0.29, 0.717) is 22.5 Å². The van der Waals surface area contributed by atoms with Gasteiger partial charge in [0.25, 0.3) is 0 Å². The van der Waals surface area contributed by atoms with E-state index in [-0.39, 0.29) is 0 Å². The molecule has 1 heterocycles. The standard InChI is InChI=1S/C17H22Cl2N4O/c1-12-10-16(20-7-3-9-24-2)23-17(22-12)21-8-6-13-4-5-14(18)11-15(13)19/h4-5,10-11H,3,6-9H2,1-2H3,(H2,20,21,22,23). The Morgan fingerprint density at radius 3 is 2.67 bits per heavy atom. The van der Waals surface area contributed by atoms with Crippen LogP contribution in [0.2, 0.25) is 10.0 Å². The maximum absolute atomic E-state index is 6.18. The lowest BCUT2D eigenvalue weighted by Gasteiger charge is -2.10. The molecule has 0 spiro atoms. The second kappa shape index (κ2) is 9.67. The van der Waals surface area contributed by atoms with Crippen molar-refractivity contribution >= 4 is 35.0 Å². The summed E-state index contributed by atoms with van der Waals surface area (Å²) in [5.74, 6) is 1.42. The highest BCUT2D eigenvalue weighted by molar-refractivity contribution is 6.35. The fraction of sp³-hybridized carbons (Fsp3) is 0.412. The molecule has 5 nitrogen and oxygen atoms in total. The second-order valence-corrected chi connectivity index (χ2v) is 6.25. The number of halogens is 2. The monoisotopic (exact) mass is 368 g/mol. The van der Waals surface area contributed by atoms with Gasteiger partial charge in [-0.15, -0.1) is 0 Å². The van der Waals surface area contributed by atoms with Crippen LogP contribution in [0, 0.1) is 6.92 Å². The van der Waals surface area contributed by atoms with Crippen molar-refractivity contribution in [3.8, 4) is 0 Å². The molecule has 0 saturated heterocycles. The maximum atomic E-state index is 6.18. The highest BCUT2D eigenvalue weighted by Gasteiger charge is 2.04. The van der Waals surface area contributed by atoms with Gasteiger partial charge in [0.1, 0.15) is 5.82 Å². The average molecular weight is 369 g/mol. The van der Waals surface area contributed by atoms with Gasteiger partial charge in [0.05, 0.1) is 0 Å². The van der Waals surface area contributed by atoms with Gasteiger partial charge < -0.3 is 15.4 Å². The van der Waals surface area contributed by atoms with Crippen molar-refractivity contribution in [2.24, 2.45) is 0 Å². The lowest BCUT2D eigenvalue weighted by molar-refractivity contribution is 0.198. The maximum Gasteiger partial charge on any atom is 0.224 e. The highest BCUT2D eigenvalue weighted by Crippen LogP contribution is 2.21. The zero-order chi connectivity index (χ0) is 17.4. The molecule has 0 radical (unpaired) electrons. The third-order valence-electron chi connectivity index (χ3n) is 3.38. The molecule has 24 heavy (non-hydrogen) atoms. The number of nitrogens with zero attached hydrogens (tertiary/aromatic N) is 2. The van der Waals surface area contributed by atoms with E-state index >= 15 is 0 Å². The summed E-state index contributed by atoms with van der Waals surface area (Å²) in [6.45, 7) is 4.17. The fourth-order valence-electron chi connectivity index (χ4n) is 2.20. The van der Waals surface area contributed by atoms with Crippen molar-refractivity contribution < 1.29 is 4.74 Å². The Hall–Kier alpha value is -1.56. The molecule has 0 amide bonds. The first kappa shape index (κ1) is 18.8. The molecular weight excluding hydrogens is 347 g/mol. The number of aryl methyl sites for hydroxylation is 1. The minimum Gasteiger partial charge on any atom is -0.385 e. The Morgan fingerprint density at radius 1 is 1.08 bits per heavy atom. The van der Waals surface area contributed by atoms with Crippen molar-refractivity contribution in [3.63, 3.8) is 0 Å². The summed E-state index contributed by atoms with van der Waals surface area (Å²) < 4.78 is 5.04. The minimum absolute atomic E-state index is 0.606. The lowest BCUT2D eigenvalue weighted by Crippen LogP contribution is -2.11. The summed E-state index contributed by atoms with van der Waals surface area (Å²) in [5.41, 5.74) is 1.95. The first-order valence-corrected chi connectivity index (χ1v) is 8.60. The number of methoxy groups -OCH3 is 1. The van der Waals surface area contributed by atoms with Crippen molar-refractivity contribution in [1.82, 2.24) is 9.97 Å². The van der Waals surface area contributed by atoms with Crippen molar-refractivity contribution in [3.05, 3.63) is 45.6 Å². The van der Waals surface area contributed by atoms with Crippen molar-refractivity contribution in [2.45, 2.75) is 19.8 Å². The predicted molar refractivity (Wildman–Crippen MR) is 100 cm³/mol. The zero-order valence-electron chi connectivity index (χ0n) is 13.9. The summed E-state index contributed by atoms with van der Waals surface area (Å²) in [6, 6.07) is 7.46. The third kappa shape index (κ3) is 6.15. The molecule has 0 unspecified atom stereocenters. The summed E-state index contributed by atoms with van der Waals surface area (Å²) in [6.07, 6.45) is 1.70. The van der Waals surface area contributed by atoms with E-state index in [2.05, 4.69) is 20.6 Å². The van der Waals surface area contributed by atoms with Crippen LogP contribution in [0.5, 0.6) is 0 Å². The Kier molecular flexibility index (Phi) is 7.56. The van der Waals surface area contributed by atoms with E-state index in [1.807, 2.05) is 25.1 Å². The molecule has 0 bridgehead atoms. The van der Waals surface area contributed by atoms with Crippen molar-refractivity contribution in [1.29, 1.82) is 0 Å². The number of hydrogen-bond acceptors (Lipinski definition) is 5. The molecule has 1 aromatic heterocycles. The molecule has 0 atom stereocenters. The molecule has 0 saturated carbocycles. The first-order valence-electron chi connectivity index (χ1n) is 7.85. The van der Waals surface area contributed by atoms with Crippen LogP contribution in [0.1, 0.15) is 17.7 Å². The highest BCUT2D eigenvalue weighted by atomic mass is 35.5. The Morgan fingerprint density at radius 2 is 1.92 bits per heavy atom. The molecule has 0 aliphatic heterocycles. The molecule has 7 heteroatoms. The van der Waals surface area contributed by atoms with Crippen LogP contribution >= 0.6 is 23.2 Å². The molecule has 0 aliphatic carbocycles. The Balaban J connectivity index is 1.88. The number of ether oxygens (including phenoxy) is 1. The smallest absolute Gasteiger partial charge is 0.224 e. The lowest BCUT2D eigenvalue weighted by atomic mass is 10.1. The van der Waals surface area contributed by atoms with Crippen LogP contribution in [-0.2, 0) is 11.2 Å². The molecule has 130 valence electrons. The van der Waals surface area contributed by atoms with E-state index in [1.54, 1.807) is 13.2 Å². The van der Waals surface area contributed by atoms with Crippen LogP contribution in [0.15, 0.2) is 24.3 Å². The fourth-order valence-corrected chi connectivity index (χ4v) is 2.71. The van der Waals surface area contributed by atoms with Crippen LogP contribution in [0.25, 0.3) is 0 Å². The second-order valence-electron chi connectivity index (χ2n) is 5.40. The molecule has 2 N–H and O–H groups in total. The SMILES string of the molecule is COCCCNc1cc(C)nc(NCCc2ccc(Cl)cc2Cl)n1. The largest absolute Gasteiger partial charge is 0.385 e. The van der Waals surface area contributed by atoms with Gasteiger partial charge in [0.15, 0.2) is 0 Å². The van der Waals surface area contributed by atoms with Gasteiger partial charge in [0, 0.05) is 48.6 Å². The van der Waals surface area contributed by atoms with Crippen molar-refractivity contribution in [2.75, 3.05) is 37.4 Å². The van der Waals surface area contributed by atoms with Gasteiger partial charge in [-0.05, 0) is 37.5 Å². The third-order valence-corrected chi connectivity index (χ3v) is 3.97. The molecule has 1 aromatic carbocycles. The number of aromatic nitrogens is 2. The zero-order valence-corrected chi connectivity index (χ0v) is 15.4. The number of anilines is 2. The van der Waals surface area contributed by atoms with E-state index in [1.165, 1.54) is 0 Å². The van der Waals surface area contributed by atoms with Crippen LogP contribution < -0.4 is 10.6 Å². The number of rotatable bonds is 9. The van der Waals surface area contributed by atoms with Gasteiger partial charge >= 0.3 is 0 Å². The first-order chi connectivity index (χ1) is 11.6. The summed E-state index contributed by atoms with van der Waals surface area (Å²) in [4.78, 5) is 8.88. The average Bonchev–Trinajstić information content (AvgIpc) is 2.53. The summed E-state index contributed by atoms with van der Waals surface area (Å²) >= 11 is 12.1. The topological polar surface area (TPSA) is 59.1 Å². The van der Waals surface area contributed by atoms with Crippen LogP contribution in [0.4, 0.5) is 11.8 Å². The number of hydrogen-bond donors (Lipinski definition) is 2. The summed E-state index contributed by atoms with van der Waals surface area (Å²) in [7, 11) is 1.70.